The highest BCUT2D eigenvalue weighted by molar-refractivity contribution is 7.15. The minimum Gasteiger partial charge on any atom is -0.330 e. The lowest BCUT2D eigenvalue weighted by Crippen LogP contribution is -2.14. The van der Waals surface area contributed by atoms with Crippen LogP contribution < -0.4 is 10.6 Å². The zero-order chi connectivity index (χ0) is 18.5. The van der Waals surface area contributed by atoms with E-state index in [1.165, 1.54) is 18.3 Å². The Hall–Kier alpha value is -3.06. The quantitative estimate of drug-likeness (QED) is 0.645. The second kappa shape index (κ2) is 7.88. The van der Waals surface area contributed by atoms with E-state index in [1.54, 1.807) is 24.3 Å². The van der Waals surface area contributed by atoms with E-state index < -0.39 is 0 Å². The first-order chi connectivity index (χ1) is 12.5. The van der Waals surface area contributed by atoms with Gasteiger partial charge in [-0.05, 0) is 43.7 Å². The Labute approximate surface area is 155 Å². The number of Topliss-reactive ketones (excluding diaryl/α,β-unsaturated/α-hetero) is 1. The van der Waals surface area contributed by atoms with E-state index in [0.717, 1.165) is 11.3 Å². The van der Waals surface area contributed by atoms with E-state index >= 15 is 0 Å². The summed E-state index contributed by atoms with van der Waals surface area (Å²) in [6, 6.07) is 14.8. The average Bonchev–Trinajstić information content (AvgIpc) is 3.01. The molecule has 6 nitrogen and oxygen atoms in total. The summed E-state index contributed by atoms with van der Waals surface area (Å²) in [7, 11) is 0. The fraction of sp³-hybridized carbons (Fsp3) is 0.158. The van der Waals surface area contributed by atoms with Crippen molar-refractivity contribution in [3.05, 3.63) is 64.7 Å². The first-order valence-corrected chi connectivity index (χ1v) is 8.88. The summed E-state index contributed by atoms with van der Waals surface area (Å²) in [5, 5.41) is 15.3. The lowest BCUT2D eigenvalue weighted by Gasteiger charge is -2.05. The van der Waals surface area contributed by atoms with Crippen LogP contribution in [-0.4, -0.2) is 21.9 Å². The maximum atomic E-state index is 12.2. The molecule has 2 N–H and O–H groups in total. The second-order valence-electron chi connectivity index (χ2n) is 5.86. The van der Waals surface area contributed by atoms with Gasteiger partial charge in [-0.15, -0.1) is 10.2 Å². The van der Waals surface area contributed by atoms with Crippen molar-refractivity contribution >= 4 is 39.5 Å². The molecule has 0 aliphatic heterocycles. The smallest absolute Gasteiger partial charge is 0.231 e. The van der Waals surface area contributed by atoms with Crippen molar-refractivity contribution in [2.75, 3.05) is 10.6 Å². The van der Waals surface area contributed by atoms with Gasteiger partial charge >= 0.3 is 0 Å². The number of aromatic nitrogens is 2. The van der Waals surface area contributed by atoms with Gasteiger partial charge in [0.05, 0.1) is 6.42 Å². The molecular formula is C19H18N4O2S. The van der Waals surface area contributed by atoms with E-state index in [4.69, 9.17) is 0 Å². The van der Waals surface area contributed by atoms with Crippen LogP contribution in [0.1, 0.15) is 27.9 Å². The van der Waals surface area contributed by atoms with Gasteiger partial charge in [-0.3, -0.25) is 9.59 Å². The fourth-order valence-corrected chi connectivity index (χ4v) is 3.14. The summed E-state index contributed by atoms with van der Waals surface area (Å²) < 4.78 is 0. The number of hydrogen-bond acceptors (Lipinski definition) is 6. The van der Waals surface area contributed by atoms with Crippen LogP contribution in [0.2, 0.25) is 0 Å². The van der Waals surface area contributed by atoms with Crippen LogP contribution in [0.15, 0.2) is 48.5 Å². The van der Waals surface area contributed by atoms with Gasteiger partial charge < -0.3 is 10.6 Å². The highest BCUT2D eigenvalue weighted by Crippen LogP contribution is 2.22. The van der Waals surface area contributed by atoms with Gasteiger partial charge in [0.15, 0.2) is 5.78 Å². The Morgan fingerprint density at radius 2 is 1.81 bits per heavy atom. The number of amides is 1. The van der Waals surface area contributed by atoms with Crippen molar-refractivity contribution in [1.82, 2.24) is 10.2 Å². The van der Waals surface area contributed by atoms with Crippen molar-refractivity contribution in [3.63, 3.8) is 0 Å². The van der Waals surface area contributed by atoms with Crippen molar-refractivity contribution in [3.8, 4) is 0 Å². The minimum absolute atomic E-state index is 0.0444. The first-order valence-electron chi connectivity index (χ1n) is 8.06. The molecule has 0 fully saturated rings. The zero-order valence-corrected chi connectivity index (χ0v) is 15.3. The molecule has 26 heavy (non-hydrogen) atoms. The Morgan fingerprint density at radius 3 is 2.58 bits per heavy atom. The topological polar surface area (TPSA) is 84.0 Å². The molecule has 0 atom stereocenters. The molecule has 3 rings (SSSR count). The Kier molecular flexibility index (Phi) is 5.38. The number of benzene rings is 2. The number of anilines is 3. The molecule has 1 amide bonds. The van der Waals surface area contributed by atoms with Gasteiger partial charge in [0.25, 0.3) is 0 Å². The van der Waals surface area contributed by atoms with Crippen molar-refractivity contribution in [2.24, 2.45) is 0 Å². The summed E-state index contributed by atoms with van der Waals surface area (Å²) in [5.41, 5.74) is 3.22. The molecular weight excluding hydrogens is 348 g/mol. The SMILES string of the molecule is CC(=O)c1cccc(NC(=O)Cc2nnc(Nc3cccc(C)c3)s2)c1. The lowest BCUT2D eigenvalue weighted by atomic mass is 10.1. The number of nitrogens with zero attached hydrogens (tertiary/aromatic N) is 2. The summed E-state index contributed by atoms with van der Waals surface area (Å²) in [6.45, 7) is 3.51. The third-order valence-corrected chi connectivity index (χ3v) is 4.44. The Bertz CT molecular complexity index is 952. The summed E-state index contributed by atoms with van der Waals surface area (Å²) in [6.07, 6.45) is 0.122. The molecule has 0 saturated carbocycles. The summed E-state index contributed by atoms with van der Waals surface area (Å²) >= 11 is 1.33. The van der Waals surface area contributed by atoms with Crippen molar-refractivity contribution in [1.29, 1.82) is 0 Å². The molecule has 132 valence electrons. The van der Waals surface area contributed by atoms with Crippen LogP contribution in [0.3, 0.4) is 0 Å². The maximum Gasteiger partial charge on any atom is 0.231 e. The van der Waals surface area contributed by atoms with E-state index in [1.807, 2.05) is 31.2 Å². The molecule has 0 spiro atoms. The molecule has 1 heterocycles. The Morgan fingerprint density at radius 1 is 1.04 bits per heavy atom. The Balaban J connectivity index is 1.61. The van der Waals surface area contributed by atoms with Crippen LogP contribution in [0, 0.1) is 6.92 Å². The van der Waals surface area contributed by atoms with Crippen LogP contribution in [-0.2, 0) is 11.2 Å². The number of nitrogens with one attached hydrogen (secondary N) is 2. The second-order valence-corrected chi connectivity index (χ2v) is 6.92. The van der Waals surface area contributed by atoms with E-state index in [9.17, 15) is 9.59 Å². The largest absolute Gasteiger partial charge is 0.330 e. The van der Waals surface area contributed by atoms with Crippen LogP contribution >= 0.6 is 11.3 Å². The molecule has 7 heteroatoms. The fourth-order valence-electron chi connectivity index (χ4n) is 2.38. The predicted octanol–water partition coefficient (Wildman–Crippen LogP) is 3.97. The number of aryl methyl sites for hydroxylation is 1. The maximum absolute atomic E-state index is 12.2. The molecule has 0 saturated heterocycles. The molecule has 1 aromatic heterocycles. The first kappa shape index (κ1) is 17.8. The van der Waals surface area contributed by atoms with Gasteiger partial charge in [0.2, 0.25) is 11.0 Å². The lowest BCUT2D eigenvalue weighted by molar-refractivity contribution is -0.115. The van der Waals surface area contributed by atoms with Crippen LogP contribution in [0.25, 0.3) is 0 Å². The summed E-state index contributed by atoms with van der Waals surface area (Å²) in [4.78, 5) is 23.6. The predicted molar refractivity (Wildman–Crippen MR) is 103 cm³/mol. The molecule has 0 bridgehead atoms. The van der Waals surface area contributed by atoms with Crippen molar-refractivity contribution < 1.29 is 9.59 Å². The monoisotopic (exact) mass is 366 g/mol. The number of rotatable bonds is 6. The van der Waals surface area contributed by atoms with Gasteiger partial charge in [0, 0.05) is 16.9 Å². The number of hydrogen-bond donors (Lipinski definition) is 2. The van der Waals surface area contributed by atoms with Crippen LogP contribution in [0.5, 0.6) is 0 Å². The molecule has 0 radical (unpaired) electrons. The van der Waals surface area contributed by atoms with Gasteiger partial charge in [-0.2, -0.15) is 0 Å². The third-order valence-electron chi connectivity index (χ3n) is 3.60. The number of carbonyl (C=O) groups excluding carboxylic acids is 2. The molecule has 2 aromatic carbocycles. The highest BCUT2D eigenvalue weighted by Gasteiger charge is 2.11. The third kappa shape index (κ3) is 4.73. The summed E-state index contributed by atoms with van der Waals surface area (Å²) in [5.74, 6) is -0.249. The van der Waals surface area contributed by atoms with E-state index in [-0.39, 0.29) is 18.1 Å². The minimum atomic E-state index is -0.205. The highest BCUT2D eigenvalue weighted by atomic mass is 32.1. The molecule has 0 aliphatic carbocycles. The molecule has 3 aromatic rings. The van der Waals surface area contributed by atoms with Crippen LogP contribution in [0.4, 0.5) is 16.5 Å². The number of carbonyl (C=O) groups is 2. The van der Waals surface area contributed by atoms with Gasteiger partial charge in [-0.25, -0.2) is 0 Å². The molecule has 0 aliphatic rings. The van der Waals surface area contributed by atoms with E-state index in [2.05, 4.69) is 20.8 Å². The number of ketones is 1. The van der Waals surface area contributed by atoms with Crippen molar-refractivity contribution in [2.45, 2.75) is 20.3 Å². The average molecular weight is 366 g/mol. The molecule has 0 unspecified atom stereocenters. The van der Waals surface area contributed by atoms with Gasteiger partial charge in [-0.1, -0.05) is 35.6 Å². The normalized spacial score (nSPS) is 10.4. The van der Waals surface area contributed by atoms with E-state index in [0.29, 0.717) is 21.4 Å². The standard InChI is InChI=1S/C19H18N4O2S/c1-12-5-3-7-15(9-12)21-19-23-22-18(26-19)11-17(25)20-16-8-4-6-14(10-16)13(2)24/h3-10H,11H2,1-2H3,(H,20,25)(H,21,23). The van der Waals surface area contributed by atoms with Gasteiger partial charge in [0.1, 0.15) is 5.01 Å². The zero-order valence-electron chi connectivity index (χ0n) is 14.4.